The van der Waals surface area contributed by atoms with Crippen LogP contribution in [-0.4, -0.2) is 63.6 Å². The number of carbonyl (C=O) groups excluding carboxylic acids is 3. The van der Waals surface area contributed by atoms with Gasteiger partial charge in [-0.05, 0) is 6.42 Å². The molecule has 36 heavy (non-hydrogen) atoms. The van der Waals surface area contributed by atoms with E-state index in [2.05, 4.69) is 11.7 Å². The first kappa shape index (κ1) is 34.6. The molecule has 0 aromatic rings. The van der Waals surface area contributed by atoms with Gasteiger partial charge in [-0.25, -0.2) is 4.79 Å². The van der Waals surface area contributed by atoms with E-state index in [1.54, 1.807) is 0 Å². The van der Waals surface area contributed by atoms with Gasteiger partial charge in [0.2, 0.25) is 0 Å². The van der Waals surface area contributed by atoms with Crippen LogP contribution >= 0.6 is 0 Å². The van der Waals surface area contributed by atoms with E-state index in [-0.39, 0.29) is 6.42 Å². The van der Waals surface area contributed by atoms with Crippen molar-refractivity contribution in [2.45, 2.75) is 141 Å². The van der Waals surface area contributed by atoms with E-state index >= 15 is 0 Å². The van der Waals surface area contributed by atoms with Gasteiger partial charge in [-0.1, -0.05) is 122 Å². The summed E-state index contributed by atoms with van der Waals surface area (Å²) in [4.78, 5) is 35.9. The van der Waals surface area contributed by atoms with Crippen molar-refractivity contribution in [2.75, 3.05) is 13.2 Å². The van der Waals surface area contributed by atoms with Gasteiger partial charge < -0.3 is 25.2 Å². The zero-order valence-electron chi connectivity index (χ0n) is 22.5. The lowest BCUT2D eigenvalue weighted by atomic mass is 9.93. The van der Waals surface area contributed by atoms with E-state index in [0.717, 1.165) is 25.7 Å². The lowest BCUT2D eigenvalue weighted by Gasteiger charge is -2.17. The summed E-state index contributed by atoms with van der Waals surface area (Å²) >= 11 is 0. The van der Waals surface area contributed by atoms with Crippen LogP contribution in [-0.2, 0) is 19.1 Å². The second-order valence-electron chi connectivity index (χ2n) is 9.89. The molecule has 0 aliphatic carbocycles. The van der Waals surface area contributed by atoms with E-state index in [9.17, 15) is 24.6 Å². The first-order chi connectivity index (χ1) is 17.4. The van der Waals surface area contributed by atoms with Crippen LogP contribution in [0.3, 0.4) is 0 Å². The van der Waals surface area contributed by atoms with Crippen molar-refractivity contribution in [3.63, 3.8) is 0 Å². The summed E-state index contributed by atoms with van der Waals surface area (Å²) in [5.74, 6) is -4.85. The van der Waals surface area contributed by atoms with Gasteiger partial charge in [-0.3, -0.25) is 9.59 Å². The lowest BCUT2D eigenvalue weighted by molar-refractivity contribution is -0.171. The molecule has 8 heteroatoms. The zero-order chi connectivity index (χ0) is 27.0. The molecular weight excluding hydrogens is 464 g/mol. The number of ether oxygens (including phenoxy) is 1. The molecule has 0 saturated carbocycles. The molecule has 8 nitrogen and oxygen atoms in total. The van der Waals surface area contributed by atoms with Gasteiger partial charge in [-0.2, -0.15) is 0 Å². The summed E-state index contributed by atoms with van der Waals surface area (Å²) in [6, 6.07) is 0. The van der Waals surface area contributed by atoms with Crippen molar-refractivity contribution in [3.8, 4) is 0 Å². The molecular formula is C28H52O8. The average Bonchev–Trinajstić information content (AvgIpc) is 2.88. The van der Waals surface area contributed by atoms with Gasteiger partial charge in [0, 0.05) is 0 Å². The largest absolute Gasteiger partial charge is 0.393 e. The Hall–Kier alpha value is -1.35. The number of carbonyl (C=O) groups is 3. The highest BCUT2D eigenvalue weighted by molar-refractivity contribution is 6.04. The highest BCUT2D eigenvalue weighted by Gasteiger charge is 2.34. The van der Waals surface area contributed by atoms with E-state index in [4.69, 9.17) is 10.2 Å². The minimum atomic E-state index is -1.88. The molecule has 0 bridgehead atoms. The third kappa shape index (κ3) is 18.0. The highest BCUT2D eigenvalue weighted by Crippen LogP contribution is 2.18. The molecule has 3 atom stereocenters. The normalized spacial score (nSPS) is 13.8. The molecule has 212 valence electrons. The summed E-state index contributed by atoms with van der Waals surface area (Å²) in [7, 11) is 0. The van der Waals surface area contributed by atoms with Gasteiger partial charge >= 0.3 is 11.9 Å². The Morgan fingerprint density at radius 3 is 1.28 bits per heavy atom. The molecule has 0 saturated heterocycles. The predicted octanol–water partition coefficient (Wildman–Crippen LogP) is 4.38. The van der Waals surface area contributed by atoms with Crippen molar-refractivity contribution in [3.05, 3.63) is 0 Å². The van der Waals surface area contributed by atoms with E-state index < -0.39 is 49.1 Å². The number of aliphatic hydroxyl groups is 4. The molecule has 0 spiro atoms. The van der Waals surface area contributed by atoms with Gasteiger partial charge in [0.1, 0.15) is 12.0 Å². The van der Waals surface area contributed by atoms with Gasteiger partial charge in [0.25, 0.3) is 0 Å². The lowest BCUT2D eigenvalue weighted by Crippen LogP contribution is -2.39. The number of esters is 2. The molecule has 0 fully saturated rings. The van der Waals surface area contributed by atoms with Crippen molar-refractivity contribution in [2.24, 2.45) is 5.92 Å². The van der Waals surface area contributed by atoms with Crippen LogP contribution in [0.15, 0.2) is 0 Å². The Morgan fingerprint density at radius 1 is 0.556 bits per heavy atom. The number of rotatable bonds is 25. The predicted molar refractivity (Wildman–Crippen MR) is 139 cm³/mol. The average molecular weight is 517 g/mol. The summed E-state index contributed by atoms with van der Waals surface area (Å²) in [6.07, 6.45) is 18.3. The van der Waals surface area contributed by atoms with Crippen LogP contribution in [0.25, 0.3) is 0 Å². The maximum atomic E-state index is 12.2. The minimum absolute atomic E-state index is 0.0793. The Balaban J connectivity index is 3.88. The number of unbranched alkanes of at least 4 members (excludes halogenated alkanes) is 17. The molecule has 0 rings (SSSR count). The van der Waals surface area contributed by atoms with Crippen molar-refractivity contribution in [1.29, 1.82) is 0 Å². The van der Waals surface area contributed by atoms with E-state index in [0.29, 0.717) is 6.42 Å². The quantitative estimate of drug-likeness (QED) is 0.0796. The minimum Gasteiger partial charge on any atom is -0.393 e. The molecule has 0 aromatic heterocycles. The summed E-state index contributed by atoms with van der Waals surface area (Å²) < 4.78 is 4.47. The molecule has 0 aromatic carbocycles. The number of hydrogen-bond acceptors (Lipinski definition) is 8. The number of Topliss-reactive ketones (excluding diaryl/α,β-unsaturated/α-hetero) is 1. The second-order valence-corrected chi connectivity index (χ2v) is 9.89. The molecule has 0 aliphatic rings. The van der Waals surface area contributed by atoms with Crippen LogP contribution in [0.5, 0.6) is 0 Å². The van der Waals surface area contributed by atoms with Crippen LogP contribution in [0.4, 0.5) is 0 Å². The summed E-state index contributed by atoms with van der Waals surface area (Å²) in [5.41, 5.74) is 0. The monoisotopic (exact) mass is 516 g/mol. The van der Waals surface area contributed by atoms with Crippen molar-refractivity contribution in [1.82, 2.24) is 0 Å². The Bertz CT molecular complexity index is 566. The van der Waals surface area contributed by atoms with E-state index in [1.807, 2.05) is 0 Å². The highest BCUT2D eigenvalue weighted by atomic mass is 16.6. The van der Waals surface area contributed by atoms with Crippen molar-refractivity contribution < 1.29 is 39.5 Å². The molecule has 0 radical (unpaired) electrons. The molecule has 3 unspecified atom stereocenters. The third-order valence-corrected chi connectivity index (χ3v) is 6.62. The zero-order valence-corrected chi connectivity index (χ0v) is 22.5. The SMILES string of the molecule is CCCCCCCCCCCCCCCCCCCCC(C(=O)OC(=O)C(O)CO)C(=O)C(O)CO. The number of ketones is 1. The fourth-order valence-corrected chi connectivity index (χ4v) is 4.26. The van der Waals surface area contributed by atoms with Crippen LogP contribution in [0.1, 0.15) is 129 Å². The Labute approximate surface area is 217 Å². The smallest absolute Gasteiger partial charge is 0.345 e. The summed E-state index contributed by atoms with van der Waals surface area (Å²) in [6.45, 7) is 0.499. The van der Waals surface area contributed by atoms with Crippen LogP contribution < -0.4 is 0 Å². The fourth-order valence-electron chi connectivity index (χ4n) is 4.26. The maximum absolute atomic E-state index is 12.2. The number of hydrogen-bond donors (Lipinski definition) is 4. The standard InChI is InChI=1S/C28H52O8/c1-2-3-4-5-6-7-8-9-10-11-12-13-14-15-16-17-18-19-20-23(26(33)24(31)21-29)27(34)36-28(35)25(32)22-30/h23-25,29-32H,2-22H2,1H3. The first-order valence-corrected chi connectivity index (χ1v) is 14.3. The topological polar surface area (TPSA) is 141 Å². The van der Waals surface area contributed by atoms with Crippen molar-refractivity contribution >= 4 is 17.7 Å². The Kier molecular flexibility index (Phi) is 23.1. The molecule has 0 amide bonds. The summed E-state index contributed by atoms with van der Waals surface area (Å²) in [5, 5.41) is 36.6. The van der Waals surface area contributed by atoms with Crippen LogP contribution in [0.2, 0.25) is 0 Å². The van der Waals surface area contributed by atoms with Gasteiger partial charge in [0.05, 0.1) is 13.2 Å². The first-order valence-electron chi connectivity index (χ1n) is 14.3. The second kappa shape index (κ2) is 24.0. The number of aliphatic hydroxyl groups excluding tert-OH is 4. The van der Waals surface area contributed by atoms with Gasteiger partial charge in [-0.15, -0.1) is 0 Å². The van der Waals surface area contributed by atoms with E-state index in [1.165, 1.54) is 83.5 Å². The van der Waals surface area contributed by atoms with Gasteiger partial charge in [0.15, 0.2) is 11.9 Å². The maximum Gasteiger partial charge on any atom is 0.345 e. The molecule has 0 heterocycles. The Morgan fingerprint density at radius 2 is 0.917 bits per heavy atom. The molecule has 0 aliphatic heterocycles. The fraction of sp³-hybridized carbons (Fsp3) is 0.893. The third-order valence-electron chi connectivity index (χ3n) is 6.62. The van der Waals surface area contributed by atoms with Crippen LogP contribution in [0, 0.1) is 5.92 Å². The molecule has 4 N–H and O–H groups in total.